The van der Waals surface area contributed by atoms with Crippen LogP contribution in [0.4, 0.5) is 0 Å². The predicted octanol–water partition coefficient (Wildman–Crippen LogP) is 3.88. The number of hydrogen-bond donors (Lipinski definition) is 1. The Kier molecular flexibility index (Phi) is 6.45. The standard InChI is InChI=1S/C21H20ClN3O3/c1-28-20(26)8-5-13-23-21(27)19-14-18(15-9-11-16(22)12-10-15)24-25(19)17-6-3-2-4-7-17/h2-4,6-7,9-12,14H,5,8,13H2,1H3,(H,23,27). The molecular formula is C21H20ClN3O3. The van der Waals surface area contributed by atoms with Crippen LogP contribution >= 0.6 is 11.6 Å². The molecule has 6 nitrogen and oxygen atoms in total. The lowest BCUT2D eigenvalue weighted by Gasteiger charge is -2.08. The summed E-state index contributed by atoms with van der Waals surface area (Å²) in [7, 11) is 1.34. The van der Waals surface area contributed by atoms with Gasteiger partial charge in [0.1, 0.15) is 5.69 Å². The van der Waals surface area contributed by atoms with Crippen molar-refractivity contribution in [1.29, 1.82) is 0 Å². The van der Waals surface area contributed by atoms with Crippen molar-refractivity contribution < 1.29 is 14.3 Å². The summed E-state index contributed by atoms with van der Waals surface area (Å²) < 4.78 is 6.22. The maximum absolute atomic E-state index is 12.7. The molecule has 0 fully saturated rings. The van der Waals surface area contributed by atoms with E-state index in [1.807, 2.05) is 42.5 Å². The summed E-state index contributed by atoms with van der Waals surface area (Å²) in [6, 6.07) is 18.5. The number of nitrogens with one attached hydrogen (secondary N) is 1. The first kappa shape index (κ1) is 19.6. The molecule has 1 aromatic heterocycles. The van der Waals surface area contributed by atoms with Crippen LogP contribution in [-0.2, 0) is 9.53 Å². The average molecular weight is 398 g/mol. The second kappa shape index (κ2) is 9.19. The first-order valence-corrected chi connectivity index (χ1v) is 9.22. The number of nitrogens with zero attached hydrogens (tertiary/aromatic N) is 2. The zero-order chi connectivity index (χ0) is 19.9. The summed E-state index contributed by atoms with van der Waals surface area (Å²) >= 11 is 5.96. The predicted molar refractivity (Wildman–Crippen MR) is 108 cm³/mol. The lowest BCUT2D eigenvalue weighted by molar-refractivity contribution is -0.140. The van der Waals surface area contributed by atoms with E-state index in [1.165, 1.54) is 7.11 Å². The summed E-state index contributed by atoms with van der Waals surface area (Å²) in [5.74, 6) is -0.560. The number of carbonyl (C=O) groups is 2. The maximum atomic E-state index is 12.7. The number of aromatic nitrogens is 2. The Morgan fingerprint density at radius 2 is 1.82 bits per heavy atom. The molecule has 0 bridgehead atoms. The van der Waals surface area contributed by atoms with E-state index in [1.54, 1.807) is 22.9 Å². The van der Waals surface area contributed by atoms with Gasteiger partial charge in [-0.3, -0.25) is 9.59 Å². The van der Waals surface area contributed by atoms with E-state index >= 15 is 0 Å². The Balaban J connectivity index is 1.84. The Bertz CT molecular complexity index is 953. The first-order chi connectivity index (χ1) is 13.6. The molecule has 3 rings (SSSR count). The van der Waals surface area contributed by atoms with Crippen LogP contribution in [0.25, 0.3) is 16.9 Å². The van der Waals surface area contributed by atoms with Crippen LogP contribution in [0.2, 0.25) is 5.02 Å². The third kappa shape index (κ3) is 4.78. The molecule has 1 N–H and O–H groups in total. The second-order valence-electron chi connectivity index (χ2n) is 6.10. The molecule has 0 atom stereocenters. The molecule has 1 heterocycles. The molecule has 0 saturated carbocycles. The van der Waals surface area contributed by atoms with Crippen molar-refractivity contribution in [2.75, 3.05) is 13.7 Å². The van der Waals surface area contributed by atoms with Gasteiger partial charge in [-0.05, 0) is 36.8 Å². The smallest absolute Gasteiger partial charge is 0.305 e. The molecule has 144 valence electrons. The van der Waals surface area contributed by atoms with E-state index < -0.39 is 0 Å². The molecule has 2 aromatic carbocycles. The van der Waals surface area contributed by atoms with E-state index in [0.717, 1.165) is 11.3 Å². The van der Waals surface area contributed by atoms with Crippen molar-refractivity contribution in [3.63, 3.8) is 0 Å². The lowest BCUT2D eigenvalue weighted by Crippen LogP contribution is -2.27. The van der Waals surface area contributed by atoms with Gasteiger partial charge in [0.15, 0.2) is 0 Å². The molecule has 1 amide bonds. The SMILES string of the molecule is COC(=O)CCCNC(=O)c1cc(-c2ccc(Cl)cc2)nn1-c1ccccc1. The molecule has 0 aliphatic heterocycles. The Morgan fingerprint density at radius 1 is 1.11 bits per heavy atom. The Hall–Kier alpha value is -3.12. The van der Waals surface area contributed by atoms with E-state index in [-0.39, 0.29) is 18.3 Å². The normalized spacial score (nSPS) is 10.5. The van der Waals surface area contributed by atoms with Gasteiger partial charge >= 0.3 is 5.97 Å². The molecule has 0 radical (unpaired) electrons. The van der Waals surface area contributed by atoms with E-state index in [2.05, 4.69) is 15.2 Å². The molecule has 0 unspecified atom stereocenters. The summed E-state index contributed by atoms with van der Waals surface area (Å²) in [5, 5.41) is 8.08. The van der Waals surface area contributed by atoms with Gasteiger partial charge < -0.3 is 10.1 Å². The molecule has 0 aliphatic rings. The van der Waals surface area contributed by atoms with Gasteiger partial charge in [0.2, 0.25) is 0 Å². The van der Waals surface area contributed by atoms with Gasteiger partial charge in [-0.25, -0.2) is 4.68 Å². The minimum atomic E-state index is -0.298. The minimum Gasteiger partial charge on any atom is -0.469 e. The Labute approximate surface area is 168 Å². The van der Waals surface area contributed by atoms with Crippen LogP contribution in [0.15, 0.2) is 60.7 Å². The van der Waals surface area contributed by atoms with E-state index in [9.17, 15) is 9.59 Å². The maximum Gasteiger partial charge on any atom is 0.305 e. The number of rotatable bonds is 7. The number of ether oxygens (including phenoxy) is 1. The second-order valence-corrected chi connectivity index (χ2v) is 6.54. The number of carbonyl (C=O) groups excluding carboxylic acids is 2. The number of methoxy groups -OCH3 is 1. The highest BCUT2D eigenvalue weighted by molar-refractivity contribution is 6.30. The van der Waals surface area contributed by atoms with Crippen molar-refractivity contribution in [3.05, 3.63) is 71.4 Å². The van der Waals surface area contributed by atoms with Crippen LogP contribution in [0, 0.1) is 0 Å². The molecule has 3 aromatic rings. The number of amides is 1. The minimum absolute atomic E-state index is 0.255. The highest BCUT2D eigenvalue weighted by Gasteiger charge is 2.17. The van der Waals surface area contributed by atoms with Crippen molar-refractivity contribution in [3.8, 4) is 16.9 Å². The van der Waals surface area contributed by atoms with Gasteiger partial charge in [0, 0.05) is 23.6 Å². The van der Waals surface area contributed by atoms with Gasteiger partial charge in [-0.15, -0.1) is 0 Å². The average Bonchev–Trinajstić information content (AvgIpc) is 3.17. The lowest BCUT2D eigenvalue weighted by atomic mass is 10.1. The number of hydrogen-bond acceptors (Lipinski definition) is 4. The van der Waals surface area contributed by atoms with Gasteiger partial charge in [0.25, 0.3) is 5.91 Å². The highest BCUT2D eigenvalue weighted by atomic mass is 35.5. The van der Waals surface area contributed by atoms with Crippen LogP contribution in [0.5, 0.6) is 0 Å². The number of para-hydroxylation sites is 1. The summed E-state index contributed by atoms with van der Waals surface area (Å²) in [4.78, 5) is 23.9. The highest BCUT2D eigenvalue weighted by Crippen LogP contribution is 2.23. The zero-order valence-corrected chi connectivity index (χ0v) is 16.1. The van der Waals surface area contributed by atoms with Crippen LogP contribution < -0.4 is 5.32 Å². The van der Waals surface area contributed by atoms with Crippen molar-refractivity contribution in [2.45, 2.75) is 12.8 Å². The monoisotopic (exact) mass is 397 g/mol. The van der Waals surface area contributed by atoms with E-state index in [0.29, 0.717) is 29.4 Å². The van der Waals surface area contributed by atoms with Gasteiger partial charge in [-0.1, -0.05) is 41.9 Å². The molecule has 7 heteroatoms. The zero-order valence-electron chi connectivity index (χ0n) is 15.4. The molecule has 0 spiro atoms. The topological polar surface area (TPSA) is 73.2 Å². The van der Waals surface area contributed by atoms with Gasteiger partial charge in [0.05, 0.1) is 18.5 Å². The fourth-order valence-corrected chi connectivity index (χ4v) is 2.82. The van der Waals surface area contributed by atoms with Crippen molar-refractivity contribution >= 4 is 23.5 Å². The summed E-state index contributed by atoms with van der Waals surface area (Å²) in [6.07, 6.45) is 0.757. The van der Waals surface area contributed by atoms with Crippen molar-refractivity contribution in [1.82, 2.24) is 15.1 Å². The molecule has 0 aliphatic carbocycles. The fourth-order valence-electron chi connectivity index (χ4n) is 2.70. The largest absolute Gasteiger partial charge is 0.469 e. The number of halogens is 1. The number of esters is 1. The molecule has 0 saturated heterocycles. The Morgan fingerprint density at radius 3 is 2.50 bits per heavy atom. The van der Waals surface area contributed by atoms with Crippen LogP contribution in [0.3, 0.4) is 0 Å². The molecular weight excluding hydrogens is 378 g/mol. The van der Waals surface area contributed by atoms with Crippen molar-refractivity contribution in [2.24, 2.45) is 0 Å². The number of benzene rings is 2. The quantitative estimate of drug-likeness (QED) is 0.485. The van der Waals surface area contributed by atoms with Gasteiger partial charge in [-0.2, -0.15) is 5.10 Å². The van der Waals surface area contributed by atoms with E-state index in [4.69, 9.17) is 11.6 Å². The fraction of sp³-hybridized carbons (Fsp3) is 0.190. The van der Waals surface area contributed by atoms with Crippen LogP contribution in [0.1, 0.15) is 23.3 Å². The summed E-state index contributed by atoms with van der Waals surface area (Å²) in [5.41, 5.74) is 2.72. The third-order valence-electron chi connectivity index (χ3n) is 4.15. The summed E-state index contributed by atoms with van der Waals surface area (Å²) in [6.45, 7) is 0.365. The first-order valence-electron chi connectivity index (χ1n) is 8.85. The van der Waals surface area contributed by atoms with Crippen LogP contribution in [-0.4, -0.2) is 35.3 Å². The molecule has 28 heavy (non-hydrogen) atoms. The third-order valence-corrected chi connectivity index (χ3v) is 4.41.